The van der Waals surface area contributed by atoms with Crippen LogP contribution in [-0.2, 0) is 4.74 Å². The third-order valence-electron chi connectivity index (χ3n) is 3.14. The fourth-order valence-electron chi connectivity index (χ4n) is 2.22. The molecule has 3 nitrogen and oxygen atoms in total. The number of nitrogens with one attached hydrogen (secondary N) is 1. The summed E-state index contributed by atoms with van der Waals surface area (Å²) >= 11 is 0. The van der Waals surface area contributed by atoms with Gasteiger partial charge in [-0.15, -0.1) is 0 Å². The lowest BCUT2D eigenvalue weighted by atomic mass is 10.0. The Kier molecular flexibility index (Phi) is 2.86. The molecule has 3 heteroatoms. The van der Waals surface area contributed by atoms with Crippen molar-refractivity contribution in [2.24, 2.45) is 0 Å². The molecule has 2 fully saturated rings. The Bertz CT molecular complexity index is 160. The second-order valence-electron chi connectivity index (χ2n) is 4.36. The van der Waals surface area contributed by atoms with Crippen LogP contribution in [0.1, 0.15) is 32.1 Å². The quantitative estimate of drug-likeness (QED) is 0.679. The Hall–Kier alpha value is -0.120. The summed E-state index contributed by atoms with van der Waals surface area (Å²) < 4.78 is 5.68. The molecule has 2 N–H and O–H groups in total. The number of hydrogen-bond donors (Lipinski definition) is 2. The summed E-state index contributed by atoms with van der Waals surface area (Å²) in [4.78, 5) is 0. The Morgan fingerprint density at radius 3 is 2.77 bits per heavy atom. The molecule has 0 aromatic rings. The van der Waals surface area contributed by atoms with Crippen LogP contribution in [0.4, 0.5) is 0 Å². The van der Waals surface area contributed by atoms with Crippen LogP contribution < -0.4 is 5.32 Å². The van der Waals surface area contributed by atoms with Gasteiger partial charge in [-0.2, -0.15) is 0 Å². The molecule has 13 heavy (non-hydrogen) atoms. The van der Waals surface area contributed by atoms with Gasteiger partial charge in [-0.1, -0.05) is 12.8 Å². The van der Waals surface area contributed by atoms with Gasteiger partial charge in [0.15, 0.2) is 0 Å². The maximum atomic E-state index is 10.0. The van der Waals surface area contributed by atoms with Gasteiger partial charge in [0.05, 0.1) is 18.3 Å². The molecular formula is C10H19NO2. The molecule has 1 saturated heterocycles. The monoisotopic (exact) mass is 185 g/mol. The van der Waals surface area contributed by atoms with Gasteiger partial charge in [0.2, 0.25) is 0 Å². The third-order valence-corrected chi connectivity index (χ3v) is 3.14. The van der Waals surface area contributed by atoms with Gasteiger partial charge in [0, 0.05) is 6.54 Å². The van der Waals surface area contributed by atoms with Crippen molar-refractivity contribution in [3.05, 3.63) is 0 Å². The van der Waals surface area contributed by atoms with E-state index >= 15 is 0 Å². The molecule has 1 saturated carbocycles. The summed E-state index contributed by atoms with van der Waals surface area (Å²) in [6, 6.07) is 0. The molecular weight excluding hydrogens is 166 g/mol. The lowest BCUT2D eigenvalue weighted by Crippen LogP contribution is -2.33. The summed E-state index contributed by atoms with van der Waals surface area (Å²) in [5, 5.41) is 13.3. The van der Waals surface area contributed by atoms with Crippen LogP contribution in [0, 0.1) is 0 Å². The lowest BCUT2D eigenvalue weighted by Gasteiger charge is -2.23. The van der Waals surface area contributed by atoms with Crippen molar-refractivity contribution >= 4 is 0 Å². The van der Waals surface area contributed by atoms with Crippen LogP contribution in [0.2, 0.25) is 0 Å². The molecule has 1 unspecified atom stereocenters. The average Bonchev–Trinajstić information content (AvgIpc) is 2.72. The fourth-order valence-corrected chi connectivity index (χ4v) is 2.22. The number of aliphatic hydroxyl groups is 1. The van der Waals surface area contributed by atoms with Crippen LogP contribution in [0.3, 0.4) is 0 Å². The van der Waals surface area contributed by atoms with Gasteiger partial charge in [-0.3, -0.25) is 0 Å². The van der Waals surface area contributed by atoms with Crippen molar-refractivity contribution in [3.8, 4) is 0 Å². The van der Waals surface area contributed by atoms with Gasteiger partial charge >= 0.3 is 0 Å². The summed E-state index contributed by atoms with van der Waals surface area (Å²) in [5.41, 5.74) is -0.497. The molecule has 0 spiro atoms. The van der Waals surface area contributed by atoms with E-state index in [4.69, 9.17) is 4.74 Å². The van der Waals surface area contributed by atoms with E-state index in [1.807, 2.05) is 0 Å². The molecule has 76 valence electrons. The molecule has 0 amide bonds. The van der Waals surface area contributed by atoms with Gasteiger partial charge < -0.3 is 15.2 Å². The highest BCUT2D eigenvalue weighted by atomic mass is 16.5. The van der Waals surface area contributed by atoms with E-state index in [0.717, 1.165) is 45.2 Å². The molecule has 1 aliphatic carbocycles. The van der Waals surface area contributed by atoms with Crippen molar-refractivity contribution in [2.45, 2.75) is 43.8 Å². The topological polar surface area (TPSA) is 41.5 Å². The number of ether oxygens (including phenoxy) is 1. The summed E-state index contributed by atoms with van der Waals surface area (Å²) in [6.45, 7) is 2.55. The Morgan fingerprint density at radius 2 is 2.15 bits per heavy atom. The average molecular weight is 185 g/mol. The van der Waals surface area contributed by atoms with Gasteiger partial charge in [0.1, 0.15) is 0 Å². The van der Waals surface area contributed by atoms with Crippen LogP contribution in [0.15, 0.2) is 0 Å². The van der Waals surface area contributed by atoms with Crippen molar-refractivity contribution in [1.29, 1.82) is 0 Å². The highest BCUT2D eigenvalue weighted by Crippen LogP contribution is 2.30. The van der Waals surface area contributed by atoms with Crippen LogP contribution >= 0.6 is 0 Å². The van der Waals surface area contributed by atoms with Crippen molar-refractivity contribution in [2.75, 3.05) is 19.7 Å². The van der Waals surface area contributed by atoms with Crippen LogP contribution in [0.25, 0.3) is 0 Å². The largest absolute Gasteiger partial charge is 0.387 e. The summed E-state index contributed by atoms with van der Waals surface area (Å²) in [7, 11) is 0. The third kappa shape index (κ3) is 2.42. The van der Waals surface area contributed by atoms with Crippen LogP contribution in [0.5, 0.6) is 0 Å². The standard InChI is InChI=1S/C10H19NO2/c12-10(4-1-2-5-10)8-13-9-3-6-11-7-9/h9,11-12H,1-8H2. The van der Waals surface area contributed by atoms with Crippen molar-refractivity contribution in [3.63, 3.8) is 0 Å². The SMILES string of the molecule is OC1(COC2CCNC2)CCCC1. The first-order valence-corrected chi connectivity index (χ1v) is 5.33. The van der Waals surface area contributed by atoms with Crippen LogP contribution in [-0.4, -0.2) is 36.5 Å². The highest BCUT2D eigenvalue weighted by molar-refractivity contribution is 4.85. The normalized spacial score (nSPS) is 32.5. The van der Waals surface area contributed by atoms with E-state index in [2.05, 4.69) is 5.32 Å². The smallest absolute Gasteiger partial charge is 0.0880 e. The Morgan fingerprint density at radius 1 is 1.38 bits per heavy atom. The first-order chi connectivity index (χ1) is 6.29. The van der Waals surface area contributed by atoms with Gasteiger partial charge in [-0.25, -0.2) is 0 Å². The minimum Gasteiger partial charge on any atom is -0.387 e. The minimum atomic E-state index is -0.497. The highest BCUT2D eigenvalue weighted by Gasteiger charge is 2.32. The second kappa shape index (κ2) is 3.95. The molecule has 1 aliphatic heterocycles. The molecule has 1 heterocycles. The van der Waals surface area contributed by atoms with Crippen molar-refractivity contribution < 1.29 is 9.84 Å². The van der Waals surface area contributed by atoms with E-state index < -0.39 is 5.60 Å². The number of hydrogen-bond acceptors (Lipinski definition) is 3. The minimum absolute atomic E-state index is 0.338. The second-order valence-corrected chi connectivity index (χ2v) is 4.36. The maximum absolute atomic E-state index is 10.0. The predicted octanol–water partition coefficient (Wildman–Crippen LogP) is 0.670. The maximum Gasteiger partial charge on any atom is 0.0880 e. The number of rotatable bonds is 3. The van der Waals surface area contributed by atoms with Gasteiger partial charge in [0.25, 0.3) is 0 Å². The van der Waals surface area contributed by atoms with E-state index in [-0.39, 0.29) is 0 Å². The van der Waals surface area contributed by atoms with E-state index in [1.54, 1.807) is 0 Å². The summed E-state index contributed by atoms with van der Waals surface area (Å²) in [6.07, 6.45) is 5.59. The van der Waals surface area contributed by atoms with E-state index in [1.165, 1.54) is 0 Å². The molecule has 0 bridgehead atoms. The Labute approximate surface area is 79.5 Å². The zero-order valence-electron chi connectivity index (χ0n) is 8.09. The summed E-state index contributed by atoms with van der Waals surface area (Å²) in [5.74, 6) is 0. The predicted molar refractivity (Wildman–Crippen MR) is 50.6 cm³/mol. The molecule has 2 rings (SSSR count). The first-order valence-electron chi connectivity index (χ1n) is 5.33. The lowest BCUT2D eigenvalue weighted by molar-refractivity contribution is -0.0638. The zero-order valence-corrected chi connectivity index (χ0v) is 8.09. The fraction of sp³-hybridized carbons (Fsp3) is 1.00. The molecule has 2 aliphatic rings. The Balaban J connectivity index is 1.71. The van der Waals surface area contributed by atoms with E-state index in [9.17, 15) is 5.11 Å². The van der Waals surface area contributed by atoms with E-state index in [0.29, 0.717) is 12.7 Å². The molecule has 0 aromatic heterocycles. The molecule has 0 radical (unpaired) electrons. The zero-order chi connectivity index (χ0) is 9.15. The molecule has 0 aromatic carbocycles. The van der Waals surface area contributed by atoms with Crippen molar-refractivity contribution in [1.82, 2.24) is 5.32 Å². The first kappa shape index (κ1) is 9.44. The van der Waals surface area contributed by atoms with Gasteiger partial charge in [-0.05, 0) is 25.8 Å². The molecule has 1 atom stereocenters.